The van der Waals surface area contributed by atoms with Crippen LogP contribution in [-0.4, -0.2) is 42.6 Å². The zero-order valence-corrected chi connectivity index (χ0v) is 15.7. The maximum atomic E-state index is 12.4. The normalized spacial score (nSPS) is 23.2. The smallest absolute Gasteiger partial charge is 0.234 e. The maximum Gasteiger partial charge on any atom is 0.234 e. The fourth-order valence-electron chi connectivity index (χ4n) is 3.16. The Morgan fingerprint density at radius 2 is 1.92 bits per heavy atom. The summed E-state index contributed by atoms with van der Waals surface area (Å²) in [5.74, 6) is 0.737. The minimum Gasteiger partial charge on any atom is -0.376 e. The molecule has 0 aliphatic carbocycles. The highest BCUT2D eigenvalue weighted by Gasteiger charge is 2.25. The van der Waals surface area contributed by atoms with Gasteiger partial charge in [0.05, 0.1) is 25.3 Å². The Labute approximate surface area is 146 Å². The van der Waals surface area contributed by atoms with Gasteiger partial charge in [0.25, 0.3) is 0 Å². The van der Waals surface area contributed by atoms with Crippen LogP contribution in [0.15, 0.2) is 24.3 Å². The molecule has 24 heavy (non-hydrogen) atoms. The van der Waals surface area contributed by atoms with E-state index in [2.05, 4.69) is 62.2 Å². The fourth-order valence-corrected chi connectivity index (χ4v) is 3.16. The van der Waals surface area contributed by atoms with E-state index in [0.717, 1.165) is 18.5 Å². The number of nitrogens with one attached hydrogen (secondary N) is 1. The molecule has 1 heterocycles. The molecular weight excluding hydrogens is 300 g/mol. The van der Waals surface area contributed by atoms with Crippen molar-refractivity contribution in [3.63, 3.8) is 0 Å². The van der Waals surface area contributed by atoms with Crippen LogP contribution in [0.3, 0.4) is 0 Å². The van der Waals surface area contributed by atoms with Gasteiger partial charge in [-0.1, -0.05) is 38.1 Å². The van der Waals surface area contributed by atoms with Crippen molar-refractivity contribution in [3.05, 3.63) is 35.4 Å². The van der Waals surface area contributed by atoms with Crippen LogP contribution < -0.4 is 5.32 Å². The molecule has 1 aromatic carbocycles. The van der Waals surface area contributed by atoms with E-state index >= 15 is 0 Å². The predicted octanol–water partition coefficient (Wildman–Crippen LogP) is 3.17. The zero-order chi connectivity index (χ0) is 17.7. The lowest BCUT2D eigenvalue weighted by Gasteiger charge is -2.36. The van der Waals surface area contributed by atoms with Gasteiger partial charge in [0.1, 0.15) is 0 Å². The Bertz CT molecular complexity index is 527. The number of benzene rings is 1. The highest BCUT2D eigenvalue weighted by molar-refractivity contribution is 5.78. The first-order chi connectivity index (χ1) is 11.3. The van der Waals surface area contributed by atoms with Crippen molar-refractivity contribution in [1.29, 1.82) is 0 Å². The van der Waals surface area contributed by atoms with Gasteiger partial charge in [-0.05, 0) is 44.2 Å². The maximum absolute atomic E-state index is 12.4. The number of carbonyl (C=O) groups excluding carboxylic acids is 1. The molecule has 1 N–H and O–H groups in total. The van der Waals surface area contributed by atoms with E-state index in [-0.39, 0.29) is 24.1 Å². The Morgan fingerprint density at radius 1 is 1.25 bits per heavy atom. The summed E-state index contributed by atoms with van der Waals surface area (Å²) in [6.45, 7) is 12.6. The van der Waals surface area contributed by atoms with E-state index in [9.17, 15) is 4.79 Å². The van der Waals surface area contributed by atoms with Crippen molar-refractivity contribution in [3.8, 4) is 0 Å². The molecule has 1 amide bonds. The number of hydrogen-bond acceptors (Lipinski definition) is 3. The van der Waals surface area contributed by atoms with Gasteiger partial charge < -0.3 is 10.1 Å². The largest absolute Gasteiger partial charge is 0.376 e. The van der Waals surface area contributed by atoms with E-state index in [0.29, 0.717) is 19.1 Å². The summed E-state index contributed by atoms with van der Waals surface area (Å²) in [6, 6.07) is 8.91. The molecule has 0 spiro atoms. The highest BCUT2D eigenvalue weighted by Crippen LogP contribution is 2.16. The molecule has 2 rings (SSSR count). The second kappa shape index (κ2) is 8.63. The van der Waals surface area contributed by atoms with Crippen molar-refractivity contribution >= 4 is 5.91 Å². The topological polar surface area (TPSA) is 41.6 Å². The van der Waals surface area contributed by atoms with Gasteiger partial charge in [-0.15, -0.1) is 0 Å². The van der Waals surface area contributed by atoms with Crippen LogP contribution in [0.2, 0.25) is 0 Å². The summed E-state index contributed by atoms with van der Waals surface area (Å²) in [6.07, 6.45) is 1.29. The lowest BCUT2D eigenvalue weighted by atomic mass is 10.00. The number of rotatable bonds is 6. The quantitative estimate of drug-likeness (QED) is 0.870. The number of hydrogen-bond donors (Lipinski definition) is 1. The lowest BCUT2D eigenvalue weighted by Crippen LogP contribution is -2.51. The standard InChI is InChI=1S/C20H32N2O2/c1-14(2)10-18-6-8-19(9-7-18)17(5)21-20(23)12-22-11-16(4)24-13-15(22)3/h6-9,14-17H,10-13H2,1-5H3,(H,21,23)/t15-,16+,17-/m0/s1. The number of ether oxygens (including phenoxy) is 1. The summed E-state index contributed by atoms with van der Waals surface area (Å²) in [7, 11) is 0. The molecule has 1 aliphatic heterocycles. The molecule has 134 valence electrons. The number of carbonyl (C=O) groups is 1. The molecule has 4 heteroatoms. The molecule has 1 fully saturated rings. The molecule has 0 saturated carbocycles. The fraction of sp³-hybridized carbons (Fsp3) is 0.650. The molecule has 3 atom stereocenters. The second-order valence-corrected chi connectivity index (χ2v) is 7.55. The van der Waals surface area contributed by atoms with E-state index in [1.807, 2.05) is 6.92 Å². The molecular formula is C20H32N2O2. The third-order valence-corrected chi connectivity index (χ3v) is 4.58. The molecule has 0 bridgehead atoms. The van der Waals surface area contributed by atoms with Crippen molar-refractivity contribution in [1.82, 2.24) is 10.2 Å². The van der Waals surface area contributed by atoms with Crippen LogP contribution in [0.25, 0.3) is 0 Å². The molecule has 1 aromatic rings. The van der Waals surface area contributed by atoms with Crippen LogP contribution in [-0.2, 0) is 16.0 Å². The summed E-state index contributed by atoms with van der Waals surface area (Å²) in [4.78, 5) is 14.6. The van der Waals surface area contributed by atoms with E-state index < -0.39 is 0 Å². The summed E-state index contributed by atoms with van der Waals surface area (Å²) >= 11 is 0. The van der Waals surface area contributed by atoms with Gasteiger partial charge >= 0.3 is 0 Å². The highest BCUT2D eigenvalue weighted by atomic mass is 16.5. The van der Waals surface area contributed by atoms with Crippen LogP contribution in [0.1, 0.15) is 51.8 Å². The summed E-state index contributed by atoms with van der Waals surface area (Å²) < 4.78 is 5.62. The van der Waals surface area contributed by atoms with E-state index in [4.69, 9.17) is 4.74 Å². The lowest BCUT2D eigenvalue weighted by molar-refractivity contribution is -0.126. The zero-order valence-electron chi connectivity index (χ0n) is 15.7. The van der Waals surface area contributed by atoms with E-state index in [1.165, 1.54) is 5.56 Å². The third-order valence-electron chi connectivity index (χ3n) is 4.58. The monoisotopic (exact) mass is 332 g/mol. The first-order valence-corrected chi connectivity index (χ1v) is 9.09. The number of nitrogens with zero attached hydrogens (tertiary/aromatic N) is 1. The predicted molar refractivity (Wildman–Crippen MR) is 98.0 cm³/mol. The van der Waals surface area contributed by atoms with Crippen molar-refractivity contribution in [2.24, 2.45) is 5.92 Å². The SMILES string of the molecule is CC(C)Cc1ccc([C@H](C)NC(=O)CN2C[C@@H](C)OC[C@@H]2C)cc1. The first kappa shape index (κ1) is 18.9. The van der Waals surface area contributed by atoms with Gasteiger partial charge in [0.15, 0.2) is 0 Å². The van der Waals surface area contributed by atoms with Crippen molar-refractivity contribution in [2.75, 3.05) is 19.7 Å². The Hall–Kier alpha value is -1.39. The van der Waals surface area contributed by atoms with Crippen LogP contribution >= 0.6 is 0 Å². The molecule has 4 nitrogen and oxygen atoms in total. The average Bonchev–Trinajstić information content (AvgIpc) is 2.51. The third kappa shape index (κ3) is 5.60. The van der Waals surface area contributed by atoms with Gasteiger partial charge in [0.2, 0.25) is 5.91 Å². The molecule has 0 aromatic heterocycles. The van der Waals surface area contributed by atoms with Gasteiger partial charge in [-0.2, -0.15) is 0 Å². The van der Waals surface area contributed by atoms with Gasteiger partial charge in [0, 0.05) is 12.6 Å². The van der Waals surface area contributed by atoms with Gasteiger partial charge in [-0.3, -0.25) is 9.69 Å². The molecule has 1 aliphatic rings. The minimum absolute atomic E-state index is 0.0272. The minimum atomic E-state index is 0.0272. The Balaban J connectivity index is 1.86. The number of morpholine rings is 1. The Kier molecular flexibility index (Phi) is 6.81. The van der Waals surface area contributed by atoms with E-state index in [1.54, 1.807) is 0 Å². The number of amides is 1. The van der Waals surface area contributed by atoms with Crippen molar-refractivity contribution in [2.45, 2.75) is 59.2 Å². The molecule has 0 unspecified atom stereocenters. The summed E-state index contributed by atoms with van der Waals surface area (Å²) in [5, 5.41) is 3.12. The Morgan fingerprint density at radius 3 is 2.54 bits per heavy atom. The summed E-state index contributed by atoms with van der Waals surface area (Å²) in [5.41, 5.74) is 2.50. The van der Waals surface area contributed by atoms with Crippen LogP contribution in [0.4, 0.5) is 0 Å². The van der Waals surface area contributed by atoms with Crippen LogP contribution in [0.5, 0.6) is 0 Å². The van der Waals surface area contributed by atoms with Crippen molar-refractivity contribution < 1.29 is 9.53 Å². The first-order valence-electron chi connectivity index (χ1n) is 9.09. The molecule has 0 radical (unpaired) electrons. The molecule has 1 saturated heterocycles. The average molecular weight is 332 g/mol. The van der Waals surface area contributed by atoms with Crippen LogP contribution in [0, 0.1) is 5.92 Å². The van der Waals surface area contributed by atoms with Gasteiger partial charge in [-0.25, -0.2) is 0 Å². The second-order valence-electron chi connectivity index (χ2n) is 7.55.